The van der Waals surface area contributed by atoms with E-state index in [4.69, 9.17) is 9.72 Å². The van der Waals surface area contributed by atoms with E-state index in [0.29, 0.717) is 31.5 Å². The molecule has 3 fully saturated rings. The normalized spacial score (nSPS) is 25.8. The summed E-state index contributed by atoms with van der Waals surface area (Å²) in [6.45, 7) is 8.66. The monoisotopic (exact) mass is 474 g/mol. The van der Waals surface area contributed by atoms with Gasteiger partial charge in [-0.2, -0.15) is 0 Å². The fraction of sp³-hybridized carbons (Fsp3) is 0.800. The first kappa shape index (κ1) is 22.9. The number of aromatic nitrogens is 1. The van der Waals surface area contributed by atoms with Gasteiger partial charge >= 0.3 is 6.09 Å². The number of anilines is 1. The van der Waals surface area contributed by atoms with Gasteiger partial charge in [-0.25, -0.2) is 9.78 Å². The molecular formula is C25H38N4O3S. The molecule has 4 heterocycles. The molecular weight excluding hydrogens is 436 g/mol. The van der Waals surface area contributed by atoms with Gasteiger partial charge in [0.05, 0.1) is 12.2 Å². The van der Waals surface area contributed by atoms with Crippen molar-refractivity contribution in [1.82, 2.24) is 14.8 Å². The number of likely N-dealkylation sites (tertiary alicyclic amines) is 1. The van der Waals surface area contributed by atoms with Gasteiger partial charge in [0.15, 0.2) is 5.13 Å². The minimum atomic E-state index is -0.473. The Labute approximate surface area is 201 Å². The molecule has 0 radical (unpaired) electrons. The molecule has 0 spiro atoms. The average molecular weight is 475 g/mol. The highest BCUT2D eigenvalue weighted by atomic mass is 32.1. The Morgan fingerprint density at radius 3 is 2.39 bits per heavy atom. The molecule has 2 amide bonds. The van der Waals surface area contributed by atoms with Crippen molar-refractivity contribution in [2.24, 2.45) is 5.92 Å². The number of hydrogen-bond acceptors (Lipinski definition) is 6. The van der Waals surface area contributed by atoms with Gasteiger partial charge in [-0.1, -0.05) is 24.2 Å². The molecule has 0 N–H and O–H groups in total. The van der Waals surface area contributed by atoms with Crippen LogP contribution >= 0.6 is 11.3 Å². The van der Waals surface area contributed by atoms with E-state index in [1.54, 1.807) is 11.3 Å². The molecule has 8 heteroatoms. The molecule has 4 aliphatic rings. The number of thiazole rings is 1. The number of piperidine rings is 1. The molecule has 1 saturated carbocycles. The van der Waals surface area contributed by atoms with Crippen LogP contribution in [0, 0.1) is 5.92 Å². The Balaban J connectivity index is 1.26. The largest absolute Gasteiger partial charge is 0.444 e. The lowest BCUT2D eigenvalue weighted by Gasteiger charge is -2.50. The molecule has 3 aliphatic heterocycles. The highest BCUT2D eigenvalue weighted by Crippen LogP contribution is 2.39. The topological polar surface area (TPSA) is 66.0 Å². The lowest BCUT2D eigenvalue weighted by atomic mass is 9.92. The van der Waals surface area contributed by atoms with Gasteiger partial charge < -0.3 is 19.4 Å². The summed E-state index contributed by atoms with van der Waals surface area (Å²) < 4.78 is 5.65. The molecule has 0 aromatic carbocycles. The Kier molecular flexibility index (Phi) is 6.31. The van der Waals surface area contributed by atoms with Crippen molar-refractivity contribution in [2.75, 3.05) is 24.5 Å². The third kappa shape index (κ3) is 5.00. The van der Waals surface area contributed by atoms with Crippen molar-refractivity contribution >= 4 is 28.5 Å². The highest BCUT2D eigenvalue weighted by molar-refractivity contribution is 7.15. The number of amides is 2. The second-order valence-corrected chi connectivity index (χ2v) is 12.4. The summed E-state index contributed by atoms with van der Waals surface area (Å²) in [5.74, 6) is 0.918. The second kappa shape index (κ2) is 9.08. The number of ether oxygens (including phenoxy) is 1. The maximum Gasteiger partial charge on any atom is 0.410 e. The van der Waals surface area contributed by atoms with Crippen LogP contribution in [0.3, 0.4) is 0 Å². The van der Waals surface area contributed by atoms with Crippen molar-refractivity contribution < 1.29 is 14.3 Å². The highest BCUT2D eigenvalue weighted by Gasteiger charge is 2.42. The van der Waals surface area contributed by atoms with Gasteiger partial charge in [0.1, 0.15) is 5.60 Å². The summed E-state index contributed by atoms with van der Waals surface area (Å²) in [5.41, 5.74) is 0.700. The predicted octanol–water partition coefficient (Wildman–Crippen LogP) is 4.59. The van der Waals surface area contributed by atoms with Crippen LogP contribution in [0.25, 0.3) is 0 Å². The van der Waals surface area contributed by atoms with Crippen LogP contribution in [-0.4, -0.2) is 64.1 Å². The number of hydrogen-bond donors (Lipinski definition) is 0. The van der Waals surface area contributed by atoms with Crippen molar-refractivity contribution in [3.8, 4) is 0 Å². The zero-order chi connectivity index (χ0) is 23.2. The van der Waals surface area contributed by atoms with E-state index < -0.39 is 5.60 Å². The van der Waals surface area contributed by atoms with Crippen molar-refractivity contribution in [3.63, 3.8) is 0 Å². The number of rotatable bonds is 3. The molecule has 2 saturated heterocycles. The first-order valence-corrected chi connectivity index (χ1v) is 13.6. The van der Waals surface area contributed by atoms with E-state index in [2.05, 4.69) is 9.80 Å². The first-order valence-electron chi connectivity index (χ1n) is 12.8. The summed E-state index contributed by atoms with van der Waals surface area (Å²) >= 11 is 1.77. The number of fused-ring (bicyclic) bond motifs is 3. The molecule has 1 aliphatic carbocycles. The molecule has 182 valence electrons. The Hall–Kier alpha value is -1.83. The van der Waals surface area contributed by atoms with Crippen LogP contribution in [0.15, 0.2) is 0 Å². The summed E-state index contributed by atoms with van der Waals surface area (Å²) in [5, 5.41) is 1.09. The third-order valence-electron chi connectivity index (χ3n) is 7.61. The standard InChI is InChI=1S/C25H38N4O3S/c1-25(2,3)32-24(31)28-14-18-9-6-10-19(15-28)29(18)23-26-20-11-12-27(16-21(20)33-23)22(30)13-17-7-4-5-8-17/h17-19H,4-16H2,1-3H3. The SMILES string of the molecule is CC(C)(C)OC(=O)N1CC2CCCC(C1)N2c1nc2c(s1)CN(C(=O)CC1CCCC1)CC2. The quantitative estimate of drug-likeness (QED) is 0.641. The van der Waals surface area contributed by atoms with E-state index in [1.165, 1.54) is 42.7 Å². The predicted molar refractivity (Wildman–Crippen MR) is 130 cm³/mol. The van der Waals surface area contributed by atoms with Gasteiger partial charge in [0.2, 0.25) is 5.91 Å². The van der Waals surface area contributed by atoms with Crippen molar-refractivity contribution in [3.05, 3.63) is 10.6 Å². The minimum absolute atomic E-state index is 0.200. The Bertz CT molecular complexity index is 875. The lowest BCUT2D eigenvalue weighted by Crippen LogP contribution is -2.62. The lowest BCUT2D eigenvalue weighted by molar-refractivity contribution is -0.133. The summed E-state index contributed by atoms with van der Waals surface area (Å²) in [4.78, 5) is 38.3. The zero-order valence-corrected chi connectivity index (χ0v) is 21.2. The molecule has 1 aromatic heterocycles. The van der Waals surface area contributed by atoms with Gasteiger partial charge in [-0.15, -0.1) is 0 Å². The molecule has 33 heavy (non-hydrogen) atoms. The van der Waals surface area contributed by atoms with Crippen LogP contribution in [0.2, 0.25) is 0 Å². The van der Waals surface area contributed by atoms with Gasteiger partial charge in [0, 0.05) is 49.4 Å². The number of carbonyl (C=O) groups is 2. The average Bonchev–Trinajstić information content (AvgIpc) is 3.40. The number of nitrogens with zero attached hydrogens (tertiary/aromatic N) is 4. The maximum absolute atomic E-state index is 12.9. The van der Waals surface area contributed by atoms with Gasteiger partial charge in [-0.05, 0) is 58.8 Å². The van der Waals surface area contributed by atoms with Crippen LogP contribution in [0.4, 0.5) is 9.93 Å². The van der Waals surface area contributed by atoms with Crippen molar-refractivity contribution in [2.45, 2.75) is 103 Å². The molecule has 1 aromatic rings. The summed E-state index contributed by atoms with van der Waals surface area (Å²) in [6.07, 6.45) is 9.72. The molecule has 2 bridgehead atoms. The maximum atomic E-state index is 12.9. The number of carbonyl (C=O) groups excluding carboxylic acids is 2. The minimum Gasteiger partial charge on any atom is -0.444 e. The van der Waals surface area contributed by atoms with Gasteiger partial charge in [0.25, 0.3) is 0 Å². The van der Waals surface area contributed by atoms with E-state index in [-0.39, 0.29) is 18.2 Å². The van der Waals surface area contributed by atoms with Crippen LogP contribution < -0.4 is 4.90 Å². The Morgan fingerprint density at radius 1 is 1.03 bits per heavy atom. The van der Waals surface area contributed by atoms with Crippen LogP contribution in [0.5, 0.6) is 0 Å². The van der Waals surface area contributed by atoms with Gasteiger partial charge in [-0.3, -0.25) is 4.79 Å². The zero-order valence-electron chi connectivity index (χ0n) is 20.3. The molecule has 2 atom stereocenters. The van der Waals surface area contributed by atoms with Crippen LogP contribution in [0.1, 0.15) is 82.7 Å². The summed E-state index contributed by atoms with van der Waals surface area (Å²) in [6, 6.07) is 0.579. The Morgan fingerprint density at radius 2 is 1.73 bits per heavy atom. The van der Waals surface area contributed by atoms with Crippen LogP contribution in [-0.2, 0) is 22.5 Å². The molecule has 7 nitrogen and oxygen atoms in total. The third-order valence-corrected chi connectivity index (χ3v) is 8.70. The smallest absolute Gasteiger partial charge is 0.410 e. The fourth-order valence-corrected chi connectivity index (χ4v) is 7.26. The summed E-state index contributed by atoms with van der Waals surface area (Å²) in [7, 11) is 0. The number of piperazine rings is 1. The second-order valence-electron chi connectivity index (χ2n) is 11.3. The molecule has 5 rings (SSSR count). The van der Waals surface area contributed by atoms with E-state index >= 15 is 0 Å². The van der Waals surface area contributed by atoms with E-state index in [0.717, 1.165) is 37.4 Å². The molecule has 2 unspecified atom stereocenters. The van der Waals surface area contributed by atoms with E-state index in [9.17, 15) is 9.59 Å². The van der Waals surface area contributed by atoms with Crippen molar-refractivity contribution in [1.29, 1.82) is 0 Å². The fourth-order valence-electron chi connectivity index (χ4n) is 5.99. The van der Waals surface area contributed by atoms with E-state index in [1.807, 2.05) is 25.7 Å². The first-order chi connectivity index (χ1) is 15.8.